The zero-order valence-electron chi connectivity index (χ0n) is 20.1. The fourth-order valence-corrected chi connectivity index (χ4v) is 4.59. The van der Waals surface area contributed by atoms with Gasteiger partial charge in [-0.15, -0.1) is 0 Å². The number of carbonyl (C=O) groups is 2. The lowest BCUT2D eigenvalue weighted by atomic mass is 9.83. The third kappa shape index (κ3) is 7.43. The van der Waals surface area contributed by atoms with Crippen LogP contribution in [0.3, 0.4) is 0 Å². The molecule has 184 valence electrons. The number of benzene rings is 1. The molecular formula is C26H34ClN3O4. The van der Waals surface area contributed by atoms with Gasteiger partial charge < -0.3 is 20.6 Å². The maximum Gasteiger partial charge on any atom is 0.307 e. The average Bonchev–Trinajstić information content (AvgIpc) is 2.74. The van der Waals surface area contributed by atoms with E-state index >= 15 is 0 Å². The fourth-order valence-electron chi connectivity index (χ4n) is 4.46. The first-order valence-corrected chi connectivity index (χ1v) is 12.0. The van der Waals surface area contributed by atoms with Gasteiger partial charge in [-0.2, -0.15) is 4.73 Å². The molecule has 0 aliphatic carbocycles. The number of pyridine rings is 1. The van der Waals surface area contributed by atoms with Crippen LogP contribution in [-0.2, 0) is 27.2 Å². The Hall–Kier alpha value is -2.64. The van der Waals surface area contributed by atoms with Crippen molar-refractivity contribution in [2.75, 3.05) is 13.1 Å². The summed E-state index contributed by atoms with van der Waals surface area (Å²) in [6, 6.07) is 12.6. The molecule has 3 rings (SSSR count). The summed E-state index contributed by atoms with van der Waals surface area (Å²) in [6.45, 7) is 6.30. The Morgan fingerprint density at radius 2 is 1.94 bits per heavy atom. The van der Waals surface area contributed by atoms with Gasteiger partial charge in [0.2, 0.25) is 5.91 Å². The predicted molar refractivity (Wildman–Crippen MR) is 131 cm³/mol. The number of nitrogens with two attached hydrogens (primary N) is 1. The van der Waals surface area contributed by atoms with Crippen LogP contribution in [0.15, 0.2) is 48.7 Å². The van der Waals surface area contributed by atoms with E-state index in [1.54, 1.807) is 43.9 Å². The normalized spacial score (nSPS) is 19.5. The van der Waals surface area contributed by atoms with Crippen molar-refractivity contribution in [1.29, 1.82) is 0 Å². The van der Waals surface area contributed by atoms with Gasteiger partial charge in [0, 0.05) is 42.2 Å². The molecule has 1 aromatic heterocycles. The summed E-state index contributed by atoms with van der Waals surface area (Å²) in [5, 5.41) is 12.9. The molecule has 0 bridgehead atoms. The molecule has 0 radical (unpaired) electrons. The van der Waals surface area contributed by atoms with Gasteiger partial charge in [-0.1, -0.05) is 29.8 Å². The van der Waals surface area contributed by atoms with Gasteiger partial charge in [0.25, 0.3) is 0 Å². The molecule has 0 unspecified atom stereocenters. The van der Waals surface area contributed by atoms with E-state index in [1.165, 1.54) is 6.20 Å². The number of rotatable bonds is 7. The summed E-state index contributed by atoms with van der Waals surface area (Å²) in [4.78, 5) is 28.0. The Morgan fingerprint density at radius 3 is 2.59 bits per heavy atom. The minimum atomic E-state index is -0.713. The number of nitrogens with zero attached hydrogens (tertiary/aromatic N) is 2. The van der Waals surface area contributed by atoms with E-state index < -0.39 is 23.0 Å². The van der Waals surface area contributed by atoms with Crippen molar-refractivity contribution in [3.8, 4) is 0 Å². The number of likely N-dealkylation sites (tertiary alicyclic amines) is 1. The van der Waals surface area contributed by atoms with Gasteiger partial charge in [-0.3, -0.25) is 9.59 Å². The van der Waals surface area contributed by atoms with Crippen LogP contribution in [0.5, 0.6) is 0 Å². The van der Waals surface area contributed by atoms with Gasteiger partial charge in [0.1, 0.15) is 5.60 Å². The molecule has 34 heavy (non-hydrogen) atoms. The van der Waals surface area contributed by atoms with E-state index in [2.05, 4.69) is 0 Å². The van der Waals surface area contributed by atoms with Crippen molar-refractivity contribution < 1.29 is 19.1 Å². The quantitative estimate of drug-likeness (QED) is 0.366. The number of halogens is 1. The summed E-state index contributed by atoms with van der Waals surface area (Å²) in [5.41, 5.74) is 7.00. The second kappa shape index (κ2) is 10.7. The molecule has 1 aromatic carbocycles. The second-order valence-electron chi connectivity index (χ2n) is 10.2. The molecule has 1 aliphatic heterocycles. The fraction of sp³-hybridized carbons (Fsp3) is 0.500. The summed E-state index contributed by atoms with van der Waals surface area (Å²) >= 11 is 6.00. The topological polar surface area (TPSA) is 99.6 Å². The first kappa shape index (κ1) is 26.0. The predicted octanol–water partition coefficient (Wildman–Crippen LogP) is 3.43. The average molecular weight is 488 g/mol. The van der Waals surface area contributed by atoms with Crippen molar-refractivity contribution in [2.24, 2.45) is 11.7 Å². The molecular weight excluding hydrogens is 454 g/mol. The number of amides is 1. The lowest BCUT2D eigenvalue weighted by molar-refractivity contribution is -0.614. The highest BCUT2D eigenvalue weighted by Crippen LogP contribution is 2.27. The molecule has 2 N–H and O–H groups in total. The highest BCUT2D eigenvalue weighted by atomic mass is 35.5. The van der Waals surface area contributed by atoms with Crippen LogP contribution >= 0.6 is 11.6 Å². The molecule has 1 saturated heterocycles. The molecule has 1 aliphatic rings. The third-order valence-corrected chi connectivity index (χ3v) is 6.18. The minimum absolute atomic E-state index is 0.101. The van der Waals surface area contributed by atoms with E-state index in [9.17, 15) is 14.8 Å². The van der Waals surface area contributed by atoms with Crippen LogP contribution in [0.2, 0.25) is 5.02 Å². The van der Waals surface area contributed by atoms with E-state index in [0.29, 0.717) is 30.2 Å². The maximum atomic E-state index is 13.6. The number of hydrogen-bond donors (Lipinski definition) is 1. The van der Waals surface area contributed by atoms with Crippen LogP contribution < -0.4 is 10.5 Å². The van der Waals surface area contributed by atoms with Crippen LogP contribution in [-0.4, -0.2) is 41.0 Å². The van der Waals surface area contributed by atoms with E-state index in [0.717, 1.165) is 23.1 Å². The van der Waals surface area contributed by atoms with E-state index in [4.69, 9.17) is 22.1 Å². The van der Waals surface area contributed by atoms with Crippen LogP contribution in [0.1, 0.15) is 51.3 Å². The van der Waals surface area contributed by atoms with Crippen molar-refractivity contribution in [3.05, 3.63) is 70.1 Å². The Bertz CT molecular complexity index is 1010. The number of piperidine rings is 1. The first-order chi connectivity index (χ1) is 15.9. The Morgan fingerprint density at radius 1 is 1.24 bits per heavy atom. The third-order valence-electron chi connectivity index (χ3n) is 5.93. The molecule has 2 atom stereocenters. The van der Waals surface area contributed by atoms with Crippen LogP contribution in [0, 0.1) is 11.1 Å². The number of esters is 1. The molecule has 1 amide bonds. The molecule has 0 spiro atoms. The number of hydrogen-bond acceptors (Lipinski definition) is 5. The van der Waals surface area contributed by atoms with Crippen LogP contribution in [0.25, 0.3) is 0 Å². The molecule has 0 saturated carbocycles. The largest absolute Gasteiger partial charge is 0.619 e. The summed E-state index contributed by atoms with van der Waals surface area (Å²) in [5.74, 6) is -1.35. The highest BCUT2D eigenvalue weighted by Gasteiger charge is 2.38. The molecule has 2 aromatic rings. The highest BCUT2D eigenvalue weighted by molar-refractivity contribution is 6.30. The van der Waals surface area contributed by atoms with E-state index in [1.807, 2.05) is 24.3 Å². The standard InChI is InChI=1S/C26H34ClN3O4/c1-25(2,3)34-23(31)16-20(15-22-7-4-5-14-30(22)33)24(32)29-13-6-12-26(28,18-29)17-19-8-10-21(27)11-9-19/h4-5,7-11,14,20H,6,12-13,15-18,28H2,1-3H3/t20-,26-/m1/s1. The van der Waals surface area contributed by atoms with Gasteiger partial charge in [-0.25, -0.2) is 0 Å². The van der Waals surface area contributed by atoms with Crippen molar-refractivity contribution in [3.63, 3.8) is 0 Å². The minimum Gasteiger partial charge on any atom is -0.619 e. The maximum absolute atomic E-state index is 13.6. The van der Waals surface area contributed by atoms with Gasteiger partial charge in [-0.05, 0) is 57.7 Å². The Kier molecular flexibility index (Phi) is 8.21. The van der Waals surface area contributed by atoms with Crippen LogP contribution in [0.4, 0.5) is 0 Å². The Balaban J connectivity index is 1.77. The van der Waals surface area contributed by atoms with Crippen molar-refractivity contribution in [2.45, 2.75) is 64.0 Å². The smallest absolute Gasteiger partial charge is 0.307 e. The zero-order chi connectivity index (χ0) is 24.9. The monoisotopic (exact) mass is 487 g/mol. The second-order valence-corrected chi connectivity index (χ2v) is 10.7. The molecule has 2 heterocycles. The SMILES string of the molecule is CC(C)(C)OC(=O)C[C@@H](Cc1cccc[n+]1[O-])C(=O)N1CCC[C@@](N)(Cc2ccc(Cl)cc2)C1. The van der Waals surface area contributed by atoms with Crippen molar-refractivity contribution >= 4 is 23.5 Å². The Labute approximate surface area is 206 Å². The van der Waals surface area contributed by atoms with Crippen molar-refractivity contribution in [1.82, 2.24) is 4.90 Å². The lowest BCUT2D eigenvalue weighted by Crippen LogP contribution is -2.58. The summed E-state index contributed by atoms with van der Waals surface area (Å²) in [6.07, 6.45) is 3.60. The first-order valence-electron chi connectivity index (χ1n) is 11.7. The molecule has 7 nitrogen and oxygen atoms in total. The van der Waals surface area contributed by atoms with Gasteiger partial charge in [0.15, 0.2) is 11.9 Å². The van der Waals surface area contributed by atoms with E-state index in [-0.39, 0.29) is 18.7 Å². The summed E-state index contributed by atoms with van der Waals surface area (Å²) < 4.78 is 6.21. The summed E-state index contributed by atoms with van der Waals surface area (Å²) in [7, 11) is 0. The zero-order valence-corrected chi connectivity index (χ0v) is 20.9. The lowest BCUT2D eigenvalue weighted by Gasteiger charge is -2.41. The number of carbonyl (C=O) groups excluding carboxylic acids is 2. The molecule has 8 heteroatoms. The molecule has 1 fully saturated rings. The number of ether oxygens (including phenoxy) is 1. The van der Waals surface area contributed by atoms with Gasteiger partial charge >= 0.3 is 5.97 Å². The van der Waals surface area contributed by atoms with Gasteiger partial charge in [0.05, 0.1) is 12.3 Å². The number of aromatic nitrogens is 1.